The van der Waals surface area contributed by atoms with Crippen LogP contribution in [0.3, 0.4) is 0 Å². The average Bonchev–Trinajstić information content (AvgIpc) is 2.66. The summed E-state index contributed by atoms with van der Waals surface area (Å²) in [7, 11) is 3.51. The topological polar surface area (TPSA) is 62.3 Å². The molecule has 0 fully saturated rings. The zero-order chi connectivity index (χ0) is 14.7. The molecule has 1 aromatic carbocycles. The van der Waals surface area contributed by atoms with E-state index >= 15 is 0 Å². The molecule has 20 heavy (non-hydrogen) atoms. The Balaban J connectivity index is 2.27. The lowest BCUT2D eigenvalue weighted by atomic mass is 10.1. The Kier molecular flexibility index (Phi) is 4.29. The molecular weight excluding hydrogens is 254 g/mol. The second kappa shape index (κ2) is 5.96. The minimum Gasteiger partial charge on any atom is -0.497 e. The van der Waals surface area contributed by atoms with Crippen molar-refractivity contribution in [2.75, 3.05) is 7.11 Å². The first-order valence-corrected chi connectivity index (χ1v) is 6.61. The molecule has 1 atom stereocenters. The fourth-order valence-electron chi connectivity index (χ4n) is 2.12. The van der Waals surface area contributed by atoms with E-state index in [9.17, 15) is 0 Å². The maximum absolute atomic E-state index is 5.95. The van der Waals surface area contributed by atoms with Crippen molar-refractivity contribution in [3.63, 3.8) is 0 Å². The van der Waals surface area contributed by atoms with E-state index in [1.165, 1.54) is 0 Å². The highest BCUT2D eigenvalue weighted by Crippen LogP contribution is 2.29. The van der Waals surface area contributed by atoms with Crippen molar-refractivity contribution in [3.8, 4) is 17.4 Å². The van der Waals surface area contributed by atoms with Crippen LogP contribution in [0.4, 0.5) is 0 Å². The monoisotopic (exact) mass is 275 g/mol. The minimum absolute atomic E-state index is 0.0658. The molecule has 5 heteroatoms. The molecule has 1 unspecified atom stereocenters. The number of nitrogens with zero attached hydrogens (tertiary/aromatic N) is 2. The predicted molar refractivity (Wildman–Crippen MR) is 78.4 cm³/mol. The fraction of sp³-hybridized carbons (Fsp3) is 0.400. The van der Waals surface area contributed by atoms with Crippen LogP contribution in [0.5, 0.6) is 17.4 Å². The molecule has 0 aliphatic carbocycles. The van der Waals surface area contributed by atoms with Gasteiger partial charge in [-0.3, -0.25) is 0 Å². The highest BCUT2D eigenvalue weighted by Gasteiger charge is 2.16. The second-order valence-corrected chi connectivity index (χ2v) is 4.95. The maximum atomic E-state index is 5.95. The van der Waals surface area contributed by atoms with Crippen molar-refractivity contribution in [1.82, 2.24) is 9.78 Å². The summed E-state index contributed by atoms with van der Waals surface area (Å²) in [4.78, 5) is 0. The number of nitrogens with two attached hydrogens (primary N) is 1. The normalized spacial score (nSPS) is 12.2. The Labute approximate surface area is 119 Å². The van der Waals surface area contributed by atoms with Gasteiger partial charge in [-0.05, 0) is 44.5 Å². The lowest BCUT2D eigenvalue weighted by Gasteiger charge is -2.10. The number of hydrogen-bond donors (Lipinski definition) is 1. The van der Waals surface area contributed by atoms with Gasteiger partial charge in [0.2, 0.25) is 5.88 Å². The molecule has 0 saturated carbocycles. The molecule has 0 aliphatic rings. The molecule has 0 spiro atoms. The first kappa shape index (κ1) is 14.4. The largest absolute Gasteiger partial charge is 0.497 e. The summed E-state index contributed by atoms with van der Waals surface area (Å²) in [5.74, 6) is 2.29. The molecule has 2 rings (SSSR count). The van der Waals surface area contributed by atoms with Gasteiger partial charge in [0.15, 0.2) is 0 Å². The smallest absolute Gasteiger partial charge is 0.221 e. The van der Waals surface area contributed by atoms with Crippen LogP contribution in [-0.2, 0) is 13.5 Å². The maximum Gasteiger partial charge on any atom is 0.221 e. The predicted octanol–water partition coefficient (Wildman–Crippen LogP) is 2.42. The van der Waals surface area contributed by atoms with E-state index in [4.69, 9.17) is 15.2 Å². The zero-order valence-electron chi connectivity index (χ0n) is 12.4. The lowest BCUT2D eigenvalue weighted by molar-refractivity contribution is 0.408. The summed E-state index contributed by atoms with van der Waals surface area (Å²) in [6.45, 7) is 3.95. The SMILES string of the molecule is COc1ccc(Oc2c(CC(C)N)c(C)nn2C)cc1. The summed E-state index contributed by atoms with van der Waals surface area (Å²) in [6.07, 6.45) is 0.741. The molecule has 108 valence electrons. The van der Waals surface area contributed by atoms with Gasteiger partial charge < -0.3 is 15.2 Å². The summed E-state index contributed by atoms with van der Waals surface area (Å²) in [6, 6.07) is 7.54. The summed E-state index contributed by atoms with van der Waals surface area (Å²) < 4.78 is 12.8. The lowest BCUT2D eigenvalue weighted by Crippen LogP contribution is -2.18. The molecule has 5 nitrogen and oxygen atoms in total. The van der Waals surface area contributed by atoms with E-state index < -0.39 is 0 Å². The van der Waals surface area contributed by atoms with E-state index in [1.807, 2.05) is 45.2 Å². The Morgan fingerprint density at radius 1 is 1.25 bits per heavy atom. The Bertz CT molecular complexity index is 574. The molecule has 1 heterocycles. The molecular formula is C15H21N3O2. The van der Waals surface area contributed by atoms with Crippen LogP contribution in [0.2, 0.25) is 0 Å². The van der Waals surface area contributed by atoms with Gasteiger partial charge in [0, 0.05) is 18.7 Å². The first-order valence-electron chi connectivity index (χ1n) is 6.61. The van der Waals surface area contributed by atoms with Gasteiger partial charge in [0.25, 0.3) is 0 Å². The van der Waals surface area contributed by atoms with Gasteiger partial charge in [-0.1, -0.05) is 0 Å². The Morgan fingerprint density at radius 3 is 2.40 bits per heavy atom. The quantitative estimate of drug-likeness (QED) is 0.910. The van der Waals surface area contributed by atoms with E-state index in [0.29, 0.717) is 0 Å². The van der Waals surface area contributed by atoms with Crippen molar-refractivity contribution < 1.29 is 9.47 Å². The third-order valence-electron chi connectivity index (χ3n) is 3.09. The number of aryl methyl sites for hydroxylation is 2. The summed E-state index contributed by atoms with van der Waals surface area (Å²) in [5.41, 5.74) is 7.90. The number of hydrogen-bond acceptors (Lipinski definition) is 4. The van der Waals surface area contributed by atoms with Crippen LogP contribution in [0.25, 0.3) is 0 Å². The van der Waals surface area contributed by atoms with Crippen molar-refractivity contribution in [2.45, 2.75) is 26.3 Å². The molecule has 0 saturated heterocycles. The summed E-state index contributed by atoms with van der Waals surface area (Å²) in [5, 5.41) is 4.41. The van der Waals surface area contributed by atoms with Gasteiger partial charge in [0.1, 0.15) is 11.5 Å². The van der Waals surface area contributed by atoms with Gasteiger partial charge in [0.05, 0.1) is 12.8 Å². The minimum atomic E-state index is 0.0658. The van der Waals surface area contributed by atoms with E-state index in [-0.39, 0.29) is 6.04 Å². The zero-order valence-corrected chi connectivity index (χ0v) is 12.4. The summed E-state index contributed by atoms with van der Waals surface area (Å²) >= 11 is 0. The van der Waals surface area contributed by atoms with Crippen molar-refractivity contribution in [1.29, 1.82) is 0 Å². The number of ether oxygens (including phenoxy) is 2. The molecule has 2 N–H and O–H groups in total. The van der Waals surface area contributed by atoms with E-state index in [1.54, 1.807) is 11.8 Å². The Morgan fingerprint density at radius 2 is 1.85 bits per heavy atom. The molecule has 1 aromatic heterocycles. The van der Waals surface area contributed by atoms with Gasteiger partial charge in [-0.25, -0.2) is 4.68 Å². The highest BCUT2D eigenvalue weighted by molar-refractivity contribution is 5.38. The number of benzene rings is 1. The van der Waals surface area contributed by atoms with Gasteiger partial charge in [-0.15, -0.1) is 0 Å². The van der Waals surface area contributed by atoms with Crippen LogP contribution >= 0.6 is 0 Å². The molecule has 0 radical (unpaired) electrons. The van der Waals surface area contributed by atoms with Crippen molar-refractivity contribution >= 4 is 0 Å². The van der Waals surface area contributed by atoms with Crippen LogP contribution in [0.1, 0.15) is 18.2 Å². The second-order valence-electron chi connectivity index (χ2n) is 4.95. The highest BCUT2D eigenvalue weighted by atomic mass is 16.5. The third kappa shape index (κ3) is 3.11. The molecule has 2 aromatic rings. The van der Waals surface area contributed by atoms with E-state index in [2.05, 4.69) is 5.10 Å². The van der Waals surface area contributed by atoms with Crippen LogP contribution < -0.4 is 15.2 Å². The van der Waals surface area contributed by atoms with Gasteiger partial charge >= 0.3 is 0 Å². The number of aromatic nitrogens is 2. The average molecular weight is 275 g/mol. The Hall–Kier alpha value is -2.01. The number of methoxy groups -OCH3 is 1. The molecule has 0 aliphatic heterocycles. The van der Waals surface area contributed by atoms with Gasteiger partial charge in [-0.2, -0.15) is 5.10 Å². The fourth-order valence-corrected chi connectivity index (χ4v) is 2.12. The molecule has 0 bridgehead atoms. The van der Waals surface area contributed by atoms with E-state index in [0.717, 1.165) is 35.1 Å². The molecule has 0 amide bonds. The van der Waals surface area contributed by atoms with Crippen LogP contribution in [0.15, 0.2) is 24.3 Å². The van der Waals surface area contributed by atoms with Crippen LogP contribution in [0, 0.1) is 6.92 Å². The first-order chi connectivity index (χ1) is 9.51. The van der Waals surface area contributed by atoms with Crippen LogP contribution in [-0.4, -0.2) is 22.9 Å². The standard InChI is InChI=1S/C15H21N3O2/c1-10(16)9-14-11(2)17-18(3)15(14)20-13-7-5-12(19-4)6-8-13/h5-8,10H,9,16H2,1-4H3. The third-order valence-corrected chi connectivity index (χ3v) is 3.09. The van der Waals surface area contributed by atoms with Crippen molar-refractivity contribution in [2.24, 2.45) is 12.8 Å². The number of rotatable bonds is 5. The van der Waals surface area contributed by atoms with Crippen molar-refractivity contribution in [3.05, 3.63) is 35.5 Å².